The molecule has 0 fully saturated rings. The van der Waals surface area contributed by atoms with Gasteiger partial charge in [-0.1, -0.05) is 0 Å². The van der Waals surface area contributed by atoms with E-state index >= 15 is 0 Å². The van der Waals surface area contributed by atoms with E-state index in [4.69, 9.17) is 9.47 Å². The minimum absolute atomic E-state index is 0.414. The monoisotopic (exact) mass is 261 g/mol. The Labute approximate surface area is 111 Å². The smallest absolute Gasteiger partial charge is 0.338 e. The molecule has 0 atom stereocenters. The third-order valence-electron chi connectivity index (χ3n) is 2.73. The van der Waals surface area contributed by atoms with E-state index < -0.39 is 5.97 Å². The summed E-state index contributed by atoms with van der Waals surface area (Å²) in [5.74, 6) is 0.683. The van der Waals surface area contributed by atoms with Crippen molar-refractivity contribution in [1.29, 1.82) is 0 Å². The lowest BCUT2D eigenvalue weighted by atomic mass is 10.1. The van der Waals surface area contributed by atoms with Crippen molar-refractivity contribution in [2.75, 3.05) is 14.2 Å². The first-order valence-electron chi connectivity index (χ1n) is 5.85. The zero-order valence-corrected chi connectivity index (χ0v) is 11.1. The number of aromatic nitrogens is 3. The average Bonchev–Trinajstić information content (AvgIpc) is 2.94. The number of aryl methyl sites for hydroxylation is 1. The van der Waals surface area contributed by atoms with Gasteiger partial charge in [0.1, 0.15) is 12.1 Å². The molecule has 0 radical (unpaired) electrons. The fourth-order valence-electron chi connectivity index (χ4n) is 1.69. The van der Waals surface area contributed by atoms with E-state index in [1.54, 1.807) is 36.3 Å². The molecule has 6 heteroatoms. The van der Waals surface area contributed by atoms with Crippen LogP contribution in [-0.2, 0) is 11.3 Å². The number of hydrogen-bond acceptors (Lipinski definition) is 5. The van der Waals surface area contributed by atoms with Crippen molar-refractivity contribution in [3.63, 3.8) is 0 Å². The first-order chi connectivity index (χ1) is 9.19. The first kappa shape index (κ1) is 13.1. The van der Waals surface area contributed by atoms with Gasteiger partial charge in [0, 0.05) is 12.1 Å². The van der Waals surface area contributed by atoms with Gasteiger partial charge in [-0.3, -0.25) is 4.68 Å². The van der Waals surface area contributed by atoms with Gasteiger partial charge < -0.3 is 9.47 Å². The molecule has 0 saturated heterocycles. The second kappa shape index (κ2) is 5.51. The van der Waals surface area contributed by atoms with Gasteiger partial charge in [0.15, 0.2) is 5.82 Å². The number of methoxy groups -OCH3 is 2. The van der Waals surface area contributed by atoms with Crippen LogP contribution in [0.4, 0.5) is 0 Å². The van der Waals surface area contributed by atoms with E-state index in [0.29, 0.717) is 29.2 Å². The number of ether oxygens (including phenoxy) is 2. The molecule has 2 aromatic rings. The highest BCUT2D eigenvalue weighted by Gasteiger charge is 2.17. The Balaban J connectivity index is 2.54. The maximum atomic E-state index is 11.8. The van der Waals surface area contributed by atoms with Crippen LogP contribution in [0.3, 0.4) is 0 Å². The molecule has 19 heavy (non-hydrogen) atoms. The predicted octanol–water partition coefficient (Wildman–Crippen LogP) is 1.76. The summed E-state index contributed by atoms with van der Waals surface area (Å²) in [7, 11) is 2.91. The van der Waals surface area contributed by atoms with E-state index in [1.807, 2.05) is 6.92 Å². The lowest BCUT2D eigenvalue weighted by Gasteiger charge is -2.07. The van der Waals surface area contributed by atoms with Crippen LogP contribution in [0.1, 0.15) is 17.3 Å². The Morgan fingerprint density at radius 2 is 2.16 bits per heavy atom. The van der Waals surface area contributed by atoms with E-state index in [2.05, 4.69) is 10.1 Å². The van der Waals surface area contributed by atoms with Crippen molar-refractivity contribution < 1.29 is 14.3 Å². The van der Waals surface area contributed by atoms with Crippen LogP contribution in [-0.4, -0.2) is 35.0 Å². The van der Waals surface area contributed by atoms with E-state index in [-0.39, 0.29) is 0 Å². The highest BCUT2D eigenvalue weighted by atomic mass is 16.5. The van der Waals surface area contributed by atoms with Crippen LogP contribution in [0.2, 0.25) is 0 Å². The molecular weight excluding hydrogens is 246 g/mol. The van der Waals surface area contributed by atoms with Gasteiger partial charge in [-0.15, -0.1) is 0 Å². The number of benzene rings is 1. The Bertz CT molecular complexity index is 593. The summed E-state index contributed by atoms with van der Waals surface area (Å²) >= 11 is 0. The molecule has 1 aromatic carbocycles. The number of carbonyl (C=O) groups is 1. The second-order valence-electron chi connectivity index (χ2n) is 3.83. The molecule has 0 aliphatic rings. The Hall–Kier alpha value is -2.37. The van der Waals surface area contributed by atoms with Crippen LogP contribution in [0.15, 0.2) is 24.5 Å². The van der Waals surface area contributed by atoms with Gasteiger partial charge >= 0.3 is 5.97 Å². The summed E-state index contributed by atoms with van der Waals surface area (Å²) < 4.78 is 11.6. The largest absolute Gasteiger partial charge is 0.497 e. The molecular formula is C13H15N3O3. The highest BCUT2D eigenvalue weighted by Crippen LogP contribution is 2.26. The predicted molar refractivity (Wildman–Crippen MR) is 69.0 cm³/mol. The summed E-state index contributed by atoms with van der Waals surface area (Å²) in [6.45, 7) is 2.68. The van der Waals surface area contributed by atoms with Crippen LogP contribution in [0.5, 0.6) is 5.75 Å². The Kier molecular flexibility index (Phi) is 3.79. The van der Waals surface area contributed by atoms with Crippen molar-refractivity contribution in [2.24, 2.45) is 0 Å². The van der Waals surface area contributed by atoms with E-state index in [0.717, 1.165) is 0 Å². The summed E-state index contributed by atoms with van der Waals surface area (Å²) in [6, 6.07) is 5.07. The molecule has 0 N–H and O–H groups in total. The molecule has 0 aliphatic heterocycles. The first-order valence-corrected chi connectivity index (χ1v) is 5.85. The normalized spacial score (nSPS) is 10.3. The number of carbonyl (C=O) groups excluding carboxylic acids is 1. The van der Waals surface area contributed by atoms with Crippen molar-refractivity contribution >= 4 is 5.97 Å². The summed E-state index contributed by atoms with van der Waals surface area (Å²) in [4.78, 5) is 16.0. The quantitative estimate of drug-likeness (QED) is 0.784. The van der Waals surface area contributed by atoms with Crippen molar-refractivity contribution in [1.82, 2.24) is 14.8 Å². The number of rotatable bonds is 4. The molecule has 0 saturated carbocycles. The van der Waals surface area contributed by atoms with Gasteiger partial charge in [0.25, 0.3) is 0 Å². The molecule has 0 unspecified atom stereocenters. The molecule has 0 amide bonds. The maximum Gasteiger partial charge on any atom is 0.338 e. The van der Waals surface area contributed by atoms with Crippen molar-refractivity contribution in [3.8, 4) is 17.1 Å². The lowest BCUT2D eigenvalue weighted by Crippen LogP contribution is -2.05. The summed E-state index contributed by atoms with van der Waals surface area (Å²) in [6.07, 6.45) is 1.62. The maximum absolute atomic E-state index is 11.8. The highest BCUT2D eigenvalue weighted by molar-refractivity contribution is 5.96. The van der Waals surface area contributed by atoms with Crippen molar-refractivity contribution in [2.45, 2.75) is 13.5 Å². The summed E-state index contributed by atoms with van der Waals surface area (Å²) in [5, 5.41) is 4.29. The third-order valence-corrected chi connectivity index (χ3v) is 2.73. The molecule has 2 rings (SSSR count). The molecule has 0 aliphatic carbocycles. The summed E-state index contributed by atoms with van der Waals surface area (Å²) in [5.41, 5.74) is 1.01. The van der Waals surface area contributed by atoms with Gasteiger partial charge in [-0.05, 0) is 25.1 Å². The fraction of sp³-hybridized carbons (Fsp3) is 0.308. The standard InChI is InChI=1S/C13H15N3O3/c1-4-16-8-14-12(15-16)11-7-9(18-2)5-6-10(11)13(17)19-3/h5-8H,4H2,1-3H3. The number of nitrogens with zero attached hydrogens (tertiary/aromatic N) is 3. The molecule has 0 spiro atoms. The topological polar surface area (TPSA) is 66.2 Å². The van der Waals surface area contributed by atoms with Gasteiger partial charge in [-0.2, -0.15) is 5.10 Å². The SMILES string of the molecule is CCn1cnc(-c2cc(OC)ccc2C(=O)OC)n1. The molecule has 0 bridgehead atoms. The minimum Gasteiger partial charge on any atom is -0.497 e. The van der Waals surface area contributed by atoms with Gasteiger partial charge in [0.2, 0.25) is 0 Å². The minimum atomic E-state index is -0.425. The molecule has 6 nitrogen and oxygen atoms in total. The number of hydrogen-bond donors (Lipinski definition) is 0. The van der Waals surface area contributed by atoms with Crippen LogP contribution in [0.25, 0.3) is 11.4 Å². The van der Waals surface area contributed by atoms with E-state index in [1.165, 1.54) is 7.11 Å². The molecule has 1 aromatic heterocycles. The van der Waals surface area contributed by atoms with Crippen LogP contribution < -0.4 is 4.74 Å². The zero-order chi connectivity index (χ0) is 13.8. The second-order valence-corrected chi connectivity index (χ2v) is 3.83. The Morgan fingerprint density at radius 3 is 2.74 bits per heavy atom. The molecule has 100 valence electrons. The lowest BCUT2D eigenvalue weighted by molar-refractivity contribution is 0.0601. The van der Waals surface area contributed by atoms with Crippen LogP contribution >= 0.6 is 0 Å². The molecule has 1 heterocycles. The van der Waals surface area contributed by atoms with Crippen molar-refractivity contribution in [3.05, 3.63) is 30.1 Å². The average molecular weight is 261 g/mol. The van der Waals surface area contributed by atoms with Crippen LogP contribution in [0, 0.1) is 0 Å². The fourth-order valence-corrected chi connectivity index (χ4v) is 1.69. The zero-order valence-electron chi connectivity index (χ0n) is 11.1. The van der Waals surface area contributed by atoms with Gasteiger partial charge in [-0.25, -0.2) is 9.78 Å². The Morgan fingerprint density at radius 1 is 1.37 bits per heavy atom. The van der Waals surface area contributed by atoms with E-state index in [9.17, 15) is 4.79 Å². The number of esters is 1. The third kappa shape index (κ3) is 2.57. The van der Waals surface area contributed by atoms with Gasteiger partial charge in [0.05, 0.1) is 19.8 Å².